The molecule has 0 unspecified atom stereocenters. The molecule has 0 amide bonds. The number of hydrogen-bond donors (Lipinski definition) is 3. The highest BCUT2D eigenvalue weighted by molar-refractivity contribution is 7.80. The number of benzene rings is 1. The van der Waals surface area contributed by atoms with Crippen LogP contribution in [-0.4, -0.2) is 38.0 Å². The van der Waals surface area contributed by atoms with Crippen LogP contribution in [0.5, 0.6) is 0 Å². The fourth-order valence-corrected chi connectivity index (χ4v) is 4.78. The molecule has 0 aliphatic carbocycles. The van der Waals surface area contributed by atoms with E-state index < -0.39 is 0 Å². The molecule has 7 heteroatoms. The molecule has 0 saturated carbocycles. The standard InChI is InChI=1S/C19H24ClN3OS2/c1-13-10-14(2)18(15(20)11-13)22-19(25)21-12-16(17-4-3-9-26-17)23-5-7-24-8-6-23/h3-4,9-11,16H,5-8,12H2,1-2H3,(H2,21,22,25)/p+1/t16-/m0/s1. The average molecular weight is 411 g/mol. The Kier molecular flexibility index (Phi) is 6.89. The predicted molar refractivity (Wildman–Crippen MR) is 114 cm³/mol. The van der Waals surface area contributed by atoms with Crippen molar-refractivity contribution in [1.82, 2.24) is 5.32 Å². The van der Waals surface area contributed by atoms with Crippen molar-refractivity contribution >= 4 is 46.0 Å². The van der Waals surface area contributed by atoms with Crippen molar-refractivity contribution in [3.05, 3.63) is 50.7 Å². The highest BCUT2D eigenvalue weighted by atomic mass is 35.5. The molecule has 1 aromatic heterocycles. The highest BCUT2D eigenvalue weighted by Gasteiger charge is 2.27. The Balaban J connectivity index is 1.64. The molecule has 2 aromatic rings. The summed E-state index contributed by atoms with van der Waals surface area (Å²) in [6.45, 7) is 8.53. The van der Waals surface area contributed by atoms with Gasteiger partial charge in [-0.15, -0.1) is 11.3 Å². The number of ether oxygens (including phenoxy) is 1. The van der Waals surface area contributed by atoms with E-state index in [1.807, 2.05) is 19.9 Å². The molecule has 1 fully saturated rings. The van der Waals surface area contributed by atoms with E-state index >= 15 is 0 Å². The SMILES string of the molecule is Cc1cc(C)c(NC(=S)NC[C@@H](c2cccs2)[NH+]2CCOCC2)c(Cl)c1. The lowest BCUT2D eigenvalue weighted by molar-refractivity contribution is -0.937. The number of anilines is 1. The maximum Gasteiger partial charge on any atom is 0.171 e. The van der Waals surface area contributed by atoms with Crippen molar-refractivity contribution in [3.8, 4) is 0 Å². The summed E-state index contributed by atoms with van der Waals surface area (Å²) in [7, 11) is 0. The average Bonchev–Trinajstić information content (AvgIpc) is 3.13. The number of thiophene rings is 1. The van der Waals surface area contributed by atoms with Gasteiger partial charge in [-0.3, -0.25) is 0 Å². The van der Waals surface area contributed by atoms with E-state index in [1.165, 1.54) is 4.88 Å². The van der Waals surface area contributed by atoms with Gasteiger partial charge in [0, 0.05) is 0 Å². The number of hydrogen-bond acceptors (Lipinski definition) is 3. The fraction of sp³-hybridized carbons (Fsp3) is 0.421. The van der Waals surface area contributed by atoms with Crippen molar-refractivity contribution in [2.45, 2.75) is 19.9 Å². The number of aryl methyl sites for hydroxylation is 2. The van der Waals surface area contributed by atoms with Crippen LogP contribution in [0.15, 0.2) is 29.6 Å². The van der Waals surface area contributed by atoms with E-state index in [-0.39, 0.29) is 0 Å². The second-order valence-corrected chi connectivity index (χ2v) is 8.41. The normalized spacial score (nSPS) is 16.3. The molecule has 1 saturated heterocycles. The number of nitrogens with one attached hydrogen (secondary N) is 3. The zero-order valence-electron chi connectivity index (χ0n) is 15.1. The molecule has 1 atom stereocenters. The van der Waals surface area contributed by atoms with Crippen LogP contribution in [0.2, 0.25) is 5.02 Å². The van der Waals surface area contributed by atoms with Gasteiger partial charge in [-0.2, -0.15) is 0 Å². The summed E-state index contributed by atoms with van der Waals surface area (Å²) in [5, 5.41) is 10.1. The van der Waals surface area contributed by atoms with Crippen molar-refractivity contribution < 1.29 is 9.64 Å². The van der Waals surface area contributed by atoms with E-state index in [0.717, 1.165) is 49.7 Å². The van der Waals surface area contributed by atoms with Crippen LogP contribution in [0.4, 0.5) is 5.69 Å². The van der Waals surface area contributed by atoms with E-state index in [2.05, 4.69) is 34.2 Å². The smallest absolute Gasteiger partial charge is 0.171 e. The second kappa shape index (κ2) is 9.15. The van der Waals surface area contributed by atoms with Crippen molar-refractivity contribution in [1.29, 1.82) is 0 Å². The Morgan fingerprint density at radius 1 is 1.35 bits per heavy atom. The lowest BCUT2D eigenvalue weighted by Crippen LogP contribution is -3.15. The van der Waals surface area contributed by atoms with E-state index in [4.69, 9.17) is 28.6 Å². The van der Waals surface area contributed by atoms with Gasteiger partial charge < -0.3 is 20.3 Å². The van der Waals surface area contributed by atoms with Crippen LogP contribution in [0.25, 0.3) is 0 Å². The molecule has 26 heavy (non-hydrogen) atoms. The Hall–Kier alpha value is -1.18. The second-order valence-electron chi connectivity index (χ2n) is 6.61. The lowest BCUT2D eigenvalue weighted by atomic mass is 10.1. The van der Waals surface area contributed by atoms with Gasteiger partial charge in [-0.1, -0.05) is 23.7 Å². The summed E-state index contributed by atoms with van der Waals surface area (Å²) in [6, 6.07) is 8.73. The van der Waals surface area contributed by atoms with Gasteiger partial charge in [-0.25, -0.2) is 0 Å². The highest BCUT2D eigenvalue weighted by Crippen LogP contribution is 2.27. The first-order valence-corrected chi connectivity index (χ1v) is 10.5. The summed E-state index contributed by atoms with van der Waals surface area (Å²) in [5.41, 5.74) is 3.11. The number of rotatable bonds is 5. The Labute approximate surface area is 169 Å². The van der Waals surface area contributed by atoms with Crippen LogP contribution in [0.3, 0.4) is 0 Å². The molecule has 4 nitrogen and oxygen atoms in total. The van der Waals surface area contributed by atoms with Crippen LogP contribution in [0, 0.1) is 13.8 Å². The Morgan fingerprint density at radius 2 is 2.12 bits per heavy atom. The van der Waals surface area contributed by atoms with Gasteiger partial charge in [0.25, 0.3) is 0 Å². The van der Waals surface area contributed by atoms with Gasteiger partial charge in [0.1, 0.15) is 19.1 Å². The molecule has 1 aliphatic rings. The van der Waals surface area contributed by atoms with Crippen molar-refractivity contribution in [2.75, 3.05) is 38.2 Å². The van der Waals surface area contributed by atoms with Crippen molar-refractivity contribution in [2.24, 2.45) is 0 Å². The molecule has 3 N–H and O–H groups in total. The van der Waals surface area contributed by atoms with Crippen LogP contribution >= 0.6 is 35.2 Å². The molecule has 0 spiro atoms. The van der Waals surface area contributed by atoms with Crippen molar-refractivity contribution in [3.63, 3.8) is 0 Å². The van der Waals surface area contributed by atoms with E-state index in [9.17, 15) is 0 Å². The van der Waals surface area contributed by atoms with Gasteiger partial charge in [-0.05, 0) is 54.7 Å². The van der Waals surface area contributed by atoms with Gasteiger partial charge in [0.15, 0.2) is 5.11 Å². The summed E-state index contributed by atoms with van der Waals surface area (Å²) in [5.74, 6) is 0. The quantitative estimate of drug-likeness (QED) is 0.662. The molecule has 0 radical (unpaired) electrons. The minimum Gasteiger partial charge on any atom is -0.370 e. The van der Waals surface area contributed by atoms with Crippen LogP contribution in [0.1, 0.15) is 22.0 Å². The monoisotopic (exact) mass is 410 g/mol. The summed E-state index contributed by atoms with van der Waals surface area (Å²) in [4.78, 5) is 2.92. The first-order valence-electron chi connectivity index (χ1n) is 8.82. The third-order valence-electron chi connectivity index (χ3n) is 4.65. The van der Waals surface area contributed by atoms with Gasteiger partial charge in [0.2, 0.25) is 0 Å². The number of halogens is 1. The zero-order chi connectivity index (χ0) is 18.5. The maximum absolute atomic E-state index is 6.38. The maximum atomic E-state index is 6.38. The fourth-order valence-electron chi connectivity index (χ4n) is 3.34. The first kappa shape index (κ1) is 19.6. The Bertz CT molecular complexity index is 722. The molecular weight excluding hydrogens is 386 g/mol. The first-order chi connectivity index (χ1) is 12.5. The number of thiocarbonyl (C=S) groups is 1. The predicted octanol–water partition coefficient (Wildman–Crippen LogP) is 2.96. The van der Waals surface area contributed by atoms with E-state index in [0.29, 0.717) is 16.2 Å². The largest absolute Gasteiger partial charge is 0.370 e. The van der Waals surface area contributed by atoms with Crippen LogP contribution in [-0.2, 0) is 4.74 Å². The Morgan fingerprint density at radius 3 is 2.77 bits per heavy atom. The topological polar surface area (TPSA) is 37.7 Å². The summed E-state index contributed by atoms with van der Waals surface area (Å²) < 4.78 is 5.52. The molecule has 1 aliphatic heterocycles. The number of morpholine rings is 1. The summed E-state index contributed by atoms with van der Waals surface area (Å²) >= 11 is 13.7. The molecule has 3 rings (SSSR count). The molecular formula is C19H25ClN3OS2+. The zero-order valence-corrected chi connectivity index (χ0v) is 17.5. The third kappa shape index (κ3) is 4.96. The van der Waals surface area contributed by atoms with Gasteiger partial charge in [0.05, 0.1) is 35.3 Å². The molecule has 2 heterocycles. The molecule has 140 valence electrons. The van der Waals surface area contributed by atoms with Gasteiger partial charge >= 0.3 is 0 Å². The molecule has 0 bridgehead atoms. The lowest BCUT2D eigenvalue weighted by Gasteiger charge is -2.31. The van der Waals surface area contributed by atoms with Crippen LogP contribution < -0.4 is 15.5 Å². The third-order valence-corrected chi connectivity index (χ3v) is 6.18. The van der Waals surface area contributed by atoms with E-state index in [1.54, 1.807) is 16.2 Å². The number of quaternary nitrogens is 1. The molecule has 1 aromatic carbocycles. The minimum atomic E-state index is 0.369. The summed E-state index contributed by atoms with van der Waals surface area (Å²) in [6.07, 6.45) is 0. The minimum absolute atomic E-state index is 0.369.